The molecule has 2 unspecified atom stereocenters. The molecule has 1 aromatic rings. The highest BCUT2D eigenvalue weighted by Gasteiger charge is 2.29. The van der Waals surface area contributed by atoms with Crippen LogP contribution in [0.2, 0.25) is 0 Å². The lowest BCUT2D eigenvalue weighted by Crippen LogP contribution is -2.44. The third-order valence-electron chi connectivity index (χ3n) is 3.22. The summed E-state index contributed by atoms with van der Waals surface area (Å²) in [5, 5.41) is 5.85. The van der Waals surface area contributed by atoms with Crippen molar-refractivity contribution in [3.05, 3.63) is 20.8 Å². The fourth-order valence-electron chi connectivity index (χ4n) is 2.42. The van der Waals surface area contributed by atoms with Crippen LogP contribution in [0.5, 0.6) is 0 Å². The summed E-state index contributed by atoms with van der Waals surface area (Å²) in [4.78, 5) is 1.38. The van der Waals surface area contributed by atoms with E-state index in [4.69, 9.17) is 4.74 Å². The van der Waals surface area contributed by atoms with Crippen LogP contribution in [-0.2, 0) is 4.74 Å². The van der Waals surface area contributed by atoms with Gasteiger partial charge in [-0.1, -0.05) is 0 Å². The van der Waals surface area contributed by atoms with Crippen molar-refractivity contribution in [3.63, 3.8) is 0 Å². The minimum Gasteiger partial charge on any atom is -0.375 e. The Morgan fingerprint density at radius 1 is 1.59 bits per heavy atom. The summed E-state index contributed by atoms with van der Waals surface area (Å²) in [7, 11) is 0. The summed E-state index contributed by atoms with van der Waals surface area (Å²) in [6.45, 7) is 7.45. The molecule has 1 aliphatic rings. The minimum atomic E-state index is 0.0162. The molecule has 2 atom stereocenters. The third-order valence-corrected chi connectivity index (χ3v) is 5.27. The van der Waals surface area contributed by atoms with Gasteiger partial charge in [-0.15, -0.1) is 11.3 Å². The normalized spacial score (nSPS) is 25.8. The molecule has 2 heterocycles. The highest BCUT2D eigenvalue weighted by atomic mass is 79.9. The molecule has 1 aromatic heterocycles. The topological polar surface area (TPSA) is 21.3 Å². The maximum atomic E-state index is 5.74. The number of rotatable bonds is 3. The average Bonchev–Trinajstić information content (AvgIpc) is 2.62. The minimum absolute atomic E-state index is 0.0162. The standard InChI is InChI=1S/C13H20BrNOS/c1-9(12-11(14)5-7-17-12)15-10-4-6-16-13(2,3)8-10/h5,7,9-10,15H,4,6,8H2,1-3H3. The molecule has 0 aromatic carbocycles. The van der Waals surface area contributed by atoms with Crippen molar-refractivity contribution in [1.82, 2.24) is 5.32 Å². The van der Waals surface area contributed by atoms with Crippen molar-refractivity contribution in [3.8, 4) is 0 Å². The van der Waals surface area contributed by atoms with Crippen LogP contribution < -0.4 is 5.32 Å². The van der Waals surface area contributed by atoms with Crippen molar-refractivity contribution < 1.29 is 4.74 Å². The molecule has 1 saturated heterocycles. The number of ether oxygens (including phenoxy) is 1. The molecular weight excluding hydrogens is 298 g/mol. The molecule has 1 N–H and O–H groups in total. The summed E-state index contributed by atoms with van der Waals surface area (Å²) >= 11 is 5.41. The van der Waals surface area contributed by atoms with Gasteiger partial charge < -0.3 is 10.1 Å². The molecule has 2 nitrogen and oxygen atoms in total. The summed E-state index contributed by atoms with van der Waals surface area (Å²) in [6.07, 6.45) is 2.19. The first-order valence-electron chi connectivity index (χ1n) is 6.11. The Hall–Kier alpha value is 0.100. The zero-order valence-corrected chi connectivity index (χ0v) is 13.0. The van der Waals surface area contributed by atoms with Gasteiger partial charge in [0.1, 0.15) is 0 Å². The predicted molar refractivity (Wildman–Crippen MR) is 76.6 cm³/mol. The molecule has 0 bridgehead atoms. The van der Waals surface area contributed by atoms with Crippen LogP contribution in [0.15, 0.2) is 15.9 Å². The molecule has 0 aliphatic carbocycles. The Labute approximate surface area is 116 Å². The summed E-state index contributed by atoms with van der Waals surface area (Å²) in [5.74, 6) is 0. The summed E-state index contributed by atoms with van der Waals surface area (Å²) in [5.41, 5.74) is 0.0162. The fourth-order valence-corrected chi connectivity index (χ4v) is 4.15. The lowest BCUT2D eigenvalue weighted by Gasteiger charge is -2.37. The monoisotopic (exact) mass is 317 g/mol. The van der Waals surface area contributed by atoms with Gasteiger partial charge in [-0.25, -0.2) is 0 Å². The van der Waals surface area contributed by atoms with Crippen LogP contribution in [0.3, 0.4) is 0 Å². The predicted octanol–water partition coefficient (Wildman–Crippen LogP) is 4.12. The Morgan fingerprint density at radius 2 is 2.35 bits per heavy atom. The average molecular weight is 318 g/mol. The number of hydrogen-bond acceptors (Lipinski definition) is 3. The van der Waals surface area contributed by atoms with Crippen LogP contribution in [0, 0.1) is 0 Å². The zero-order valence-electron chi connectivity index (χ0n) is 10.6. The van der Waals surface area contributed by atoms with Crippen molar-refractivity contribution >= 4 is 27.3 Å². The second-order valence-corrected chi connectivity index (χ2v) is 7.12. The lowest BCUT2D eigenvalue weighted by atomic mass is 9.93. The second kappa shape index (κ2) is 5.39. The smallest absolute Gasteiger partial charge is 0.0641 e. The number of nitrogens with one attached hydrogen (secondary N) is 1. The van der Waals surface area contributed by atoms with E-state index in [1.165, 1.54) is 9.35 Å². The van der Waals surface area contributed by atoms with Crippen LogP contribution in [0.25, 0.3) is 0 Å². The van der Waals surface area contributed by atoms with Crippen molar-refractivity contribution in [2.45, 2.75) is 51.3 Å². The van der Waals surface area contributed by atoms with E-state index in [1.807, 2.05) is 0 Å². The highest BCUT2D eigenvalue weighted by Crippen LogP contribution is 2.31. The van der Waals surface area contributed by atoms with Crippen LogP contribution in [0.4, 0.5) is 0 Å². The van der Waals surface area contributed by atoms with Gasteiger partial charge in [0.25, 0.3) is 0 Å². The molecule has 0 radical (unpaired) electrons. The van der Waals surface area contributed by atoms with Crippen molar-refractivity contribution in [1.29, 1.82) is 0 Å². The molecule has 0 amide bonds. The van der Waals surface area contributed by atoms with E-state index in [1.54, 1.807) is 11.3 Å². The Bertz CT molecular complexity index is 377. The Morgan fingerprint density at radius 3 is 2.94 bits per heavy atom. The molecule has 17 heavy (non-hydrogen) atoms. The molecule has 2 rings (SSSR count). The lowest BCUT2D eigenvalue weighted by molar-refractivity contribution is -0.0639. The molecule has 4 heteroatoms. The van der Waals surface area contributed by atoms with E-state index >= 15 is 0 Å². The van der Waals surface area contributed by atoms with Gasteiger partial charge in [-0.05, 0) is 61.0 Å². The molecule has 0 spiro atoms. The van der Waals surface area contributed by atoms with Gasteiger partial charge in [0.15, 0.2) is 0 Å². The van der Waals surface area contributed by atoms with Crippen molar-refractivity contribution in [2.24, 2.45) is 0 Å². The largest absolute Gasteiger partial charge is 0.375 e. The Kier molecular flexibility index (Phi) is 4.29. The van der Waals surface area contributed by atoms with Gasteiger partial charge in [0.2, 0.25) is 0 Å². The van der Waals surface area contributed by atoms with Gasteiger partial charge in [-0.3, -0.25) is 0 Å². The first-order chi connectivity index (χ1) is 7.98. The van der Waals surface area contributed by atoms with E-state index in [2.05, 4.69) is 53.5 Å². The molecule has 96 valence electrons. The Balaban J connectivity index is 1.95. The quantitative estimate of drug-likeness (QED) is 0.905. The van der Waals surface area contributed by atoms with E-state index in [9.17, 15) is 0 Å². The van der Waals surface area contributed by atoms with E-state index in [0.717, 1.165) is 19.4 Å². The molecule has 0 saturated carbocycles. The second-order valence-electron chi connectivity index (χ2n) is 5.32. The summed E-state index contributed by atoms with van der Waals surface area (Å²) in [6, 6.07) is 3.08. The van der Waals surface area contributed by atoms with Crippen LogP contribution in [-0.4, -0.2) is 18.2 Å². The number of halogens is 1. The molecular formula is C13H20BrNOS. The third kappa shape index (κ3) is 3.53. The SMILES string of the molecule is CC(NC1CCOC(C)(C)C1)c1sccc1Br. The number of thiophene rings is 1. The van der Waals surface area contributed by atoms with Crippen LogP contribution in [0.1, 0.15) is 44.5 Å². The fraction of sp³-hybridized carbons (Fsp3) is 0.692. The highest BCUT2D eigenvalue weighted by molar-refractivity contribution is 9.10. The zero-order chi connectivity index (χ0) is 12.5. The number of hydrogen-bond donors (Lipinski definition) is 1. The maximum absolute atomic E-state index is 5.74. The van der Waals surface area contributed by atoms with E-state index in [-0.39, 0.29) is 5.60 Å². The summed E-state index contributed by atoms with van der Waals surface area (Å²) < 4.78 is 6.96. The first-order valence-corrected chi connectivity index (χ1v) is 7.78. The van der Waals surface area contributed by atoms with E-state index < -0.39 is 0 Å². The van der Waals surface area contributed by atoms with Crippen molar-refractivity contribution in [2.75, 3.05) is 6.61 Å². The van der Waals surface area contributed by atoms with Gasteiger partial charge in [0.05, 0.1) is 5.60 Å². The van der Waals surface area contributed by atoms with E-state index in [0.29, 0.717) is 12.1 Å². The molecule has 1 fully saturated rings. The maximum Gasteiger partial charge on any atom is 0.0641 e. The van der Waals surface area contributed by atoms with Crippen LogP contribution >= 0.6 is 27.3 Å². The van der Waals surface area contributed by atoms with Gasteiger partial charge >= 0.3 is 0 Å². The first kappa shape index (κ1) is 13.5. The van der Waals surface area contributed by atoms with Gasteiger partial charge in [0, 0.05) is 28.0 Å². The van der Waals surface area contributed by atoms with Gasteiger partial charge in [-0.2, -0.15) is 0 Å². The molecule has 1 aliphatic heterocycles.